The Labute approximate surface area is 163 Å². The molecule has 0 saturated heterocycles. The van der Waals surface area contributed by atoms with Gasteiger partial charge < -0.3 is 16.8 Å². The van der Waals surface area contributed by atoms with Crippen molar-refractivity contribution < 1.29 is 13.6 Å². The predicted octanol–water partition coefficient (Wildman–Crippen LogP) is 3.70. The van der Waals surface area contributed by atoms with E-state index in [9.17, 15) is 13.6 Å². The second kappa shape index (κ2) is 10.1. The highest BCUT2D eigenvalue weighted by molar-refractivity contribution is 5.93. The zero-order chi connectivity index (χ0) is 20.5. The lowest BCUT2D eigenvalue weighted by Gasteiger charge is -2.10. The van der Waals surface area contributed by atoms with Crippen LogP contribution in [0.5, 0.6) is 0 Å². The van der Waals surface area contributed by atoms with Crippen molar-refractivity contribution in [1.82, 2.24) is 5.32 Å². The minimum Gasteiger partial charge on any atom is -0.402 e. The molecule has 2 aromatic rings. The minimum atomic E-state index is -0.699. The number of carbonyl (C=O) groups is 1. The molecule has 0 fully saturated rings. The van der Waals surface area contributed by atoms with Crippen LogP contribution < -0.4 is 16.8 Å². The van der Waals surface area contributed by atoms with Crippen LogP contribution in [-0.2, 0) is 17.8 Å². The van der Waals surface area contributed by atoms with Gasteiger partial charge in [0, 0.05) is 24.0 Å². The van der Waals surface area contributed by atoms with Crippen molar-refractivity contribution in [3.05, 3.63) is 101 Å². The van der Waals surface area contributed by atoms with Crippen molar-refractivity contribution in [2.45, 2.75) is 19.4 Å². The zero-order valence-corrected chi connectivity index (χ0v) is 15.4. The van der Waals surface area contributed by atoms with E-state index in [1.807, 2.05) is 24.3 Å². The van der Waals surface area contributed by atoms with Gasteiger partial charge in [-0.25, -0.2) is 8.78 Å². The van der Waals surface area contributed by atoms with Crippen LogP contribution in [0.3, 0.4) is 0 Å². The number of hydrogen-bond acceptors (Lipinski definition) is 3. The maximum atomic E-state index is 13.6. The smallest absolute Gasteiger partial charge is 0.247 e. The molecule has 0 atom stereocenters. The summed E-state index contributed by atoms with van der Waals surface area (Å²) in [7, 11) is 0. The summed E-state index contributed by atoms with van der Waals surface area (Å²) in [6.45, 7) is 3.94. The number of rotatable bonds is 8. The Hall–Kier alpha value is -3.41. The van der Waals surface area contributed by atoms with Crippen LogP contribution >= 0.6 is 0 Å². The van der Waals surface area contributed by atoms with Crippen molar-refractivity contribution in [3.63, 3.8) is 0 Å². The van der Waals surface area contributed by atoms with E-state index in [2.05, 4.69) is 11.9 Å². The summed E-state index contributed by atoms with van der Waals surface area (Å²) in [5.74, 6) is -1.43. The molecule has 5 N–H and O–H groups in total. The molecule has 146 valence electrons. The fourth-order valence-electron chi connectivity index (χ4n) is 2.53. The second-order valence-corrected chi connectivity index (χ2v) is 6.25. The fourth-order valence-corrected chi connectivity index (χ4v) is 2.53. The van der Waals surface area contributed by atoms with E-state index in [0.29, 0.717) is 12.1 Å². The van der Waals surface area contributed by atoms with Gasteiger partial charge in [0.2, 0.25) is 5.91 Å². The molecule has 6 heteroatoms. The first-order chi connectivity index (χ1) is 13.4. The molecule has 2 rings (SSSR count). The van der Waals surface area contributed by atoms with Gasteiger partial charge >= 0.3 is 0 Å². The van der Waals surface area contributed by atoms with Crippen LogP contribution in [0.4, 0.5) is 8.78 Å². The highest BCUT2D eigenvalue weighted by atomic mass is 19.1. The van der Waals surface area contributed by atoms with Crippen LogP contribution in [0, 0.1) is 5.82 Å². The van der Waals surface area contributed by atoms with Crippen molar-refractivity contribution in [2.75, 3.05) is 0 Å². The molecule has 0 aliphatic carbocycles. The monoisotopic (exact) mass is 383 g/mol. The van der Waals surface area contributed by atoms with E-state index in [4.69, 9.17) is 11.5 Å². The van der Waals surface area contributed by atoms with Crippen molar-refractivity contribution >= 4 is 11.6 Å². The Kier molecular flexibility index (Phi) is 7.51. The number of allylic oxidation sites excluding steroid dienone is 2. The summed E-state index contributed by atoms with van der Waals surface area (Å²) < 4.78 is 26.6. The van der Waals surface area contributed by atoms with Gasteiger partial charge in [-0.05, 0) is 47.7 Å². The summed E-state index contributed by atoms with van der Waals surface area (Å²) in [4.78, 5) is 12.5. The number of hydrogen-bond donors (Lipinski definition) is 3. The molecular formula is C22H23F2N3O. The molecular weight excluding hydrogens is 360 g/mol. The van der Waals surface area contributed by atoms with Crippen molar-refractivity contribution in [2.24, 2.45) is 11.5 Å². The Bertz CT molecular complexity index is 885. The summed E-state index contributed by atoms with van der Waals surface area (Å²) in [5, 5.41) is 2.77. The van der Waals surface area contributed by atoms with Gasteiger partial charge in [0.25, 0.3) is 0 Å². The molecule has 0 spiro atoms. The summed E-state index contributed by atoms with van der Waals surface area (Å²) >= 11 is 0. The average molecular weight is 383 g/mol. The molecule has 2 aromatic carbocycles. The van der Waals surface area contributed by atoms with Crippen LogP contribution in [-0.4, -0.2) is 5.91 Å². The summed E-state index contributed by atoms with van der Waals surface area (Å²) in [6, 6.07) is 13.2. The van der Waals surface area contributed by atoms with E-state index in [1.165, 1.54) is 12.1 Å². The third-order valence-electron chi connectivity index (χ3n) is 4.14. The van der Waals surface area contributed by atoms with Gasteiger partial charge in [-0.3, -0.25) is 4.79 Å². The molecule has 0 bridgehead atoms. The Morgan fingerprint density at radius 3 is 2.25 bits per heavy atom. The van der Waals surface area contributed by atoms with Gasteiger partial charge in [-0.1, -0.05) is 43.0 Å². The Balaban J connectivity index is 2.03. The molecule has 28 heavy (non-hydrogen) atoms. The molecule has 0 aliphatic heterocycles. The van der Waals surface area contributed by atoms with Crippen LogP contribution in [0.1, 0.15) is 23.1 Å². The quantitative estimate of drug-likeness (QED) is 0.480. The van der Waals surface area contributed by atoms with Crippen LogP contribution in [0.2, 0.25) is 0 Å². The topological polar surface area (TPSA) is 81.1 Å². The number of carbonyl (C=O) groups excluding carboxylic acids is 1. The minimum absolute atomic E-state index is 0.246. The number of nitrogens with two attached hydrogens (primary N) is 2. The standard InChI is InChI=1S/C22H23F2N3O/c1-15(26)18-7-3-17(4-8-18)14-27-22(28)19(12-21(24)13-25)9-2-16-5-10-20(23)11-6-16/h3-8,10-13H,1-2,9,14,25-26H2,(H,27,28)/b19-12+,21-13+. The maximum absolute atomic E-state index is 13.6. The zero-order valence-electron chi connectivity index (χ0n) is 15.4. The second-order valence-electron chi connectivity index (χ2n) is 6.25. The number of benzene rings is 2. The predicted molar refractivity (Wildman–Crippen MR) is 108 cm³/mol. The molecule has 0 radical (unpaired) electrons. The van der Waals surface area contributed by atoms with Gasteiger partial charge in [0.05, 0.1) is 0 Å². The maximum Gasteiger partial charge on any atom is 0.247 e. The van der Waals surface area contributed by atoms with Gasteiger partial charge in [-0.15, -0.1) is 0 Å². The highest BCUT2D eigenvalue weighted by Crippen LogP contribution is 2.14. The van der Waals surface area contributed by atoms with E-state index in [0.717, 1.165) is 29.0 Å². The lowest BCUT2D eigenvalue weighted by Crippen LogP contribution is -2.25. The molecule has 0 aliphatic rings. The first-order valence-electron chi connectivity index (χ1n) is 8.73. The Morgan fingerprint density at radius 2 is 1.68 bits per heavy atom. The number of halogens is 2. The third kappa shape index (κ3) is 6.39. The SMILES string of the molecule is C=C(N)c1ccc(CNC(=O)/C(=C/C(F)=C\N)CCc2ccc(F)cc2)cc1. The third-order valence-corrected chi connectivity index (χ3v) is 4.14. The van der Waals surface area contributed by atoms with Gasteiger partial charge in [0.15, 0.2) is 0 Å². The first kappa shape index (κ1) is 20.9. The molecule has 0 aromatic heterocycles. The Morgan fingerprint density at radius 1 is 1.07 bits per heavy atom. The largest absolute Gasteiger partial charge is 0.402 e. The van der Waals surface area contributed by atoms with E-state index >= 15 is 0 Å². The summed E-state index contributed by atoms with van der Waals surface area (Å²) in [6.07, 6.45) is 2.65. The normalized spacial score (nSPS) is 11.9. The van der Waals surface area contributed by atoms with E-state index in [-0.39, 0.29) is 24.4 Å². The van der Waals surface area contributed by atoms with Gasteiger partial charge in [-0.2, -0.15) is 0 Å². The first-order valence-corrected chi connectivity index (χ1v) is 8.73. The van der Waals surface area contributed by atoms with Crippen molar-refractivity contribution in [3.8, 4) is 0 Å². The average Bonchev–Trinajstić information content (AvgIpc) is 2.70. The molecule has 0 unspecified atom stereocenters. The van der Waals surface area contributed by atoms with Crippen LogP contribution in [0.15, 0.2) is 78.8 Å². The molecule has 1 amide bonds. The number of nitrogens with one attached hydrogen (secondary N) is 1. The summed E-state index contributed by atoms with van der Waals surface area (Å²) in [5.41, 5.74) is 14.0. The van der Waals surface area contributed by atoms with E-state index in [1.54, 1.807) is 12.1 Å². The molecule has 0 heterocycles. The molecule has 4 nitrogen and oxygen atoms in total. The van der Waals surface area contributed by atoms with Crippen molar-refractivity contribution in [1.29, 1.82) is 0 Å². The van der Waals surface area contributed by atoms with Crippen LogP contribution in [0.25, 0.3) is 5.70 Å². The molecule has 0 saturated carbocycles. The number of aryl methyl sites for hydroxylation is 1. The van der Waals surface area contributed by atoms with E-state index < -0.39 is 11.7 Å². The highest BCUT2D eigenvalue weighted by Gasteiger charge is 2.11. The lowest BCUT2D eigenvalue weighted by molar-refractivity contribution is -0.117. The van der Waals surface area contributed by atoms with Gasteiger partial charge in [0.1, 0.15) is 11.6 Å². The lowest BCUT2D eigenvalue weighted by atomic mass is 10.0. The fraction of sp³-hybridized carbons (Fsp3) is 0.136. The number of amides is 1.